The molecule has 0 aromatic heterocycles. The quantitative estimate of drug-likeness (QED) is 0.703. The number of rotatable bonds is 1. The molecule has 1 aliphatic rings. The standard InChI is InChI=1S/C11H11ClFNO2/c1-11(2)5-9(14-15)6-3-8(13)7(12)4-10(6)16-11/h3-4,9H,5H2,1-2H3. The maximum Gasteiger partial charge on any atom is 0.142 e. The summed E-state index contributed by atoms with van der Waals surface area (Å²) in [6.07, 6.45) is 0.435. The summed E-state index contributed by atoms with van der Waals surface area (Å²) < 4.78 is 18.9. The van der Waals surface area contributed by atoms with Gasteiger partial charge in [0.05, 0.1) is 5.02 Å². The number of hydrogen-bond acceptors (Lipinski definition) is 3. The van der Waals surface area contributed by atoms with Crippen molar-refractivity contribution in [3.8, 4) is 5.75 Å². The van der Waals surface area contributed by atoms with Crippen molar-refractivity contribution in [2.24, 2.45) is 5.18 Å². The van der Waals surface area contributed by atoms with Gasteiger partial charge in [0.1, 0.15) is 23.2 Å². The van der Waals surface area contributed by atoms with E-state index >= 15 is 0 Å². The molecule has 1 aromatic carbocycles. The summed E-state index contributed by atoms with van der Waals surface area (Å²) in [5, 5.41) is 3.00. The molecule has 3 nitrogen and oxygen atoms in total. The molecule has 0 saturated carbocycles. The Balaban J connectivity index is 2.54. The Morgan fingerprint density at radius 2 is 2.25 bits per heavy atom. The lowest BCUT2D eigenvalue weighted by Crippen LogP contribution is -2.34. The molecule has 0 fully saturated rings. The van der Waals surface area contributed by atoms with Crippen LogP contribution in [0.3, 0.4) is 0 Å². The van der Waals surface area contributed by atoms with Gasteiger partial charge in [0.25, 0.3) is 0 Å². The molecule has 5 heteroatoms. The molecule has 16 heavy (non-hydrogen) atoms. The van der Waals surface area contributed by atoms with Gasteiger partial charge in [0.15, 0.2) is 0 Å². The van der Waals surface area contributed by atoms with Crippen LogP contribution >= 0.6 is 11.6 Å². The summed E-state index contributed by atoms with van der Waals surface area (Å²) in [4.78, 5) is 10.7. The van der Waals surface area contributed by atoms with Crippen molar-refractivity contribution in [2.45, 2.75) is 31.9 Å². The van der Waals surface area contributed by atoms with E-state index in [1.165, 1.54) is 12.1 Å². The summed E-state index contributed by atoms with van der Waals surface area (Å²) in [5.41, 5.74) is -0.0246. The van der Waals surface area contributed by atoms with Crippen LogP contribution < -0.4 is 4.74 Å². The van der Waals surface area contributed by atoms with Crippen LogP contribution in [0.1, 0.15) is 31.9 Å². The molecule has 1 heterocycles. The number of halogens is 2. The Morgan fingerprint density at radius 1 is 1.56 bits per heavy atom. The highest BCUT2D eigenvalue weighted by molar-refractivity contribution is 6.30. The Labute approximate surface area is 97.5 Å². The highest BCUT2D eigenvalue weighted by Gasteiger charge is 2.35. The van der Waals surface area contributed by atoms with Crippen molar-refractivity contribution in [3.05, 3.63) is 33.4 Å². The van der Waals surface area contributed by atoms with Gasteiger partial charge in [0.2, 0.25) is 0 Å². The molecule has 0 bridgehead atoms. The zero-order valence-electron chi connectivity index (χ0n) is 8.96. The molecule has 1 atom stereocenters. The van der Waals surface area contributed by atoms with Crippen LogP contribution in [0.5, 0.6) is 5.75 Å². The van der Waals surface area contributed by atoms with Crippen LogP contribution in [0, 0.1) is 10.7 Å². The lowest BCUT2D eigenvalue weighted by Gasteiger charge is -2.34. The van der Waals surface area contributed by atoms with Gasteiger partial charge in [-0.25, -0.2) is 4.39 Å². The number of hydrogen-bond donors (Lipinski definition) is 0. The van der Waals surface area contributed by atoms with Gasteiger partial charge in [-0.3, -0.25) is 0 Å². The third-order valence-corrected chi connectivity index (χ3v) is 2.90. The molecule has 1 aromatic rings. The minimum absolute atomic E-state index is 0.0129. The normalized spacial score (nSPS) is 22.1. The van der Waals surface area contributed by atoms with Gasteiger partial charge in [-0.15, -0.1) is 0 Å². The molecule has 0 N–H and O–H groups in total. The van der Waals surface area contributed by atoms with Gasteiger partial charge < -0.3 is 4.74 Å². The van der Waals surface area contributed by atoms with Gasteiger partial charge in [0, 0.05) is 18.1 Å². The van der Waals surface area contributed by atoms with E-state index in [1.807, 2.05) is 13.8 Å². The Bertz CT molecular complexity index is 448. The molecule has 86 valence electrons. The average molecular weight is 244 g/mol. The lowest BCUT2D eigenvalue weighted by atomic mass is 9.90. The summed E-state index contributed by atoms with van der Waals surface area (Å²) >= 11 is 5.67. The van der Waals surface area contributed by atoms with Crippen molar-refractivity contribution >= 4 is 11.6 Å². The van der Waals surface area contributed by atoms with Gasteiger partial charge in [-0.2, -0.15) is 4.91 Å². The predicted molar refractivity (Wildman–Crippen MR) is 59.3 cm³/mol. The van der Waals surface area contributed by atoms with Crippen LogP contribution in [-0.4, -0.2) is 5.60 Å². The van der Waals surface area contributed by atoms with E-state index in [-0.39, 0.29) is 5.02 Å². The molecule has 0 radical (unpaired) electrons. The first-order valence-corrected chi connectivity index (χ1v) is 5.31. The summed E-state index contributed by atoms with van der Waals surface area (Å²) in [7, 11) is 0. The number of fused-ring (bicyclic) bond motifs is 1. The topological polar surface area (TPSA) is 38.7 Å². The van der Waals surface area contributed by atoms with Crippen LogP contribution in [0.4, 0.5) is 4.39 Å². The SMILES string of the molecule is CC1(C)CC(N=O)c2cc(F)c(Cl)cc2O1. The second kappa shape index (κ2) is 3.70. The monoisotopic (exact) mass is 243 g/mol. The summed E-state index contributed by atoms with van der Waals surface area (Å²) in [6.45, 7) is 3.71. The van der Waals surface area contributed by atoms with E-state index in [2.05, 4.69) is 5.18 Å². The molecular weight excluding hydrogens is 233 g/mol. The second-order valence-electron chi connectivity index (χ2n) is 4.49. The largest absolute Gasteiger partial charge is 0.487 e. The highest BCUT2D eigenvalue weighted by atomic mass is 35.5. The van der Waals surface area contributed by atoms with Crippen LogP contribution in [0.25, 0.3) is 0 Å². The third-order valence-electron chi connectivity index (χ3n) is 2.61. The van der Waals surface area contributed by atoms with Crippen molar-refractivity contribution in [1.82, 2.24) is 0 Å². The van der Waals surface area contributed by atoms with E-state index in [1.54, 1.807) is 0 Å². The van der Waals surface area contributed by atoms with E-state index < -0.39 is 17.5 Å². The molecule has 0 spiro atoms. The predicted octanol–water partition coefficient (Wildman–Crippen LogP) is 3.85. The van der Waals surface area contributed by atoms with Gasteiger partial charge in [-0.1, -0.05) is 16.8 Å². The third kappa shape index (κ3) is 1.89. The molecule has 0 saturated heterocycles. The first-order valence-electron chi connectivity index (χ1n) is 4.93. The van der Waals surface area contributed by atoms with Gasteiger partial charge in [-0.05, 0) is 19.9 Å². The number of nitrogens with zero attached hydrogens (tertiary/aromatic N) is 1. The summed E-state index contributed by atoms with van der Waals surface area (Å²) in [5.74, 6) is -0.121. The number of nitroso groups, excluding NO2 is 1. The van der Waals surface area contributed by atoms with E-state index in [4.69, 9.17) is 16.3 Å². The second-order valence-corrected chi connectivity index (χ2v) is 4.90. The Morgan fingerprint density at radius 3 is 2.88 bits per heavy atom. The maximum absolute atomic E-state index is 13.3. The fraction of sp³-hybridized carbons (Fsp3) is 0.455. The van der Waals surface area contributed by atoms with Crippen molar-refractivity contribution in [3.63, 3.8) is 0 Å². The van der Waals surface area contributed by atoms with Crippen LogP contribution in [0.15, 0.2) is 17.3 Å². The zero-order valence-corrected chi connectivity index (χ0v) is 9.71. The molecule has 0 aliphatic carbocycles. The maximum atomic E-state index is 13.3. The lowest BCUT2D eigenvalue weighted by molar-refractivity contribution is 0.0727. The minimum atomic E-state index is -0.578. The van der Waals surface area contributed by atoms with Crippen molar-refractivity contribution in [2.75, 3.05) is 0 Å². The molecule has 0 amide bonds. The van der Waals surface area contributed by atoms with E-state index in [0.29, 0.717) is 17.7 Å². The Kier molecular flexibility index (Phi) is 2.62. The fourth-order valence-corrected chi connectivity index (χ4v) is 2.06. The first-order chi connectivity index (χ1) is 7.43. The molecular formula is C11H11ClFNO2. The van der Waals surface area contributed by atoms with Crippen LogP contribution in [0.2, 0.25) is 5.02 Å². The van der Waals surface area contributed by atoms with Crippen LogP contribution in [-0.2, 0) is 0 Å². The molecule has 1 aliphatic heterocycles. The average Bonchev–Trinajstić information content (AvgIpc) is 2.18. The van der Waals surface area contributed by atoms with E-state index in [0.717, 1.165) is 0 Å². The van der Waals surface area contributed by atoms with Gasteiger partial charge >= 0.3 is 0 Å². The molecule has 2 rings (SSSR count). The van der Waals surface area contributed by atoms with Crippen molar-refractivity contribution in [1.29, 1.82) is 0 Å². The number of benzene rings is 1. The summed E-state index contributed by atoms with van der Waals surface area (Å²) in [6, 6.07) is 2.04. The fourth-order valence-electron chi connectivity index (χ4n) is 1.90. The molecule has 1 unspecified atom stereocenters. The first kappa shape index (κ1) is 11.3. The van der Waals surface area contributed by atoms with E-state index in [9.17, 15) is 9.30 Å². The smallest absolute Gasteiger partial charge is 0.142 e. The Hall–Kier alpha value is -1.16. The minimum Gasteiger partial charge on any atom is -0.487 e. The highest BCUT2D eigenvalue weighted by Crippen LogP contribution is 2.43. The van der Waals surface area contributed by atoms with Crippen molar-refractivity contribution < 1.29 is 9.13 Å². The zero-order chi connectivity index (χ0) is 11.9. The number of ether oxygens (including phenoxy) is 1.